The monoisotopic (exact) mass is 365 g/mol. The number of halogens is 1. The van der Waals surface area contributed by atoms with Gasteiger partial charge in [-0.25, -0.2) is 0 Å². The maximum atomic E-state index is 13.0. The highest BCUT2D eigenvalue weighted by Crippen LogP contribution is 2.43. The molecule has 0 fully saturated rings. The van der Waals surface area contributed by atoms with Crippen molar-refractivity contribution >= 4 is 39.8 Å². The van der Waals surface area contributed by atoms with Gasteiger partial charge in [0.25, 0.3) is 5.91 Å². The van der Waals surface area contributed by atoms with Gasteiger partial charge in [-0.15, -0.1) is 0 Å². The standard InChI is InChI=1S/C21H16ClNO3/c1-23-18-10-9-14(22)11-17(18)21(26,20(23)25)12-19(24)16-8-4-6-13-5-2-3-7-15(13)16/h2-11,26H,12H2,1H3/t21-/m0/s1. The first-order chi connectivity index (χ1) is 12.4. The van der Waals surface area contributed by atoms with Crippen LogP contribution in [0.4, 0.5) is 5.69 Å². The van der Waals surface area contributed by atoms with Crippen LogP contribution >= 0.6 is 11.6 Å². The summed E-state index contributed by atoms with van der Waals surface area (Å²) in [7, 11) is 1.58. The molecule has 130 valence electrons. The molecule has 0 aromatic heterocycles. The highest BCUT2D eigenvalue weighted by molar-refractivity contribution is 6.31. The van der Waals surface area contributed by atoms with E-state index in [9.17, 15) is 14.7 Å². The molecule has 1 amide bonds. The number of rotatable bonds is 3. The van der Waals surface area contributed by atoms with Crippen molar-refractivity contribution in [2.75, 3.05) is 11.9 Å². The van der Waals surface area contributed by atoms with E-state index in [4.69, 9.17) is 11.6 Å². The van der Waals surface area contributed by atoms with Gasteiger partial charge in [0.15, 0.2) is 11.4 Å². The number of carbonyl (C=O) groups is 2. The van der Waals surface area contributed by atoms with Gasteiger partial charge in [-0.1, -0.05) is 54.1 Å². The molecule has 1 atom stereocenters. The van der Waals surface area contributed by atoms with Crippen LogP contribution in [0.2, 0.25) is 5.02 Å². The molecule has 0 radical (unpaired) electrons. The van der Waals surface area contributed by atoms with E-state index < -0.39 is 11.5 Å². The fraction of sp³-hybridized carbons (Fsp3) is 0.143. The van der Waals surface area contributed by atoms with E-state index in [1.165, 1.54) is 4.90 Å². The zero-order chi connectivity index (χ0) is 18.5. The number of nitrogens with zero attached hydrogens (tertiary/aromatic N) is 1. The van der Waals surface area contributed by atoms with Crippen LogP contribution in [-0.4, -0.2) is 23.8 Å². The Hall–Kier alpha value is -2.69. The largest absolute Gasteiger partial charge is 0.375 e. The van der Waals surface area contributed by atoms with Crippen molar-refractivity contribution in [2.45, 2.75) is 12.0 Å². The number of aliphatic hydroxyl groups is 1. The first-order valence-corrected chi connectivity index (χ1v) is 8.61. The van der Waals surface area contributed by atoms with Gasteiger partial charge in [0.1, 0.15) is 0 Å². The van der Waals surface area contributed by atoms with Crippen LogP contribution < -0.4 is 4.90 Å². The van der Waals surface area contributed by atoms with E-state index in [1.807, 2.05) is 30.3 Å². The second-order valence-corrected chi connectivity index (χ2v) is 6.95. The summed E-state index contributed by atoms with van der Waals surface area (Å²) in [4.78, 5) is 27.1. The molecule has 3 aromatic carbocycles. The van der Waals surface area contributed by atoms with Crippen molar-refractivity contribution < 1.29 is 14.7 Å². The maximum absolute atomic E-state index is 13.0. The van der Waals surface area contributed by atoms with Crippen molar-refractivity contribution in [3.05, 3.63) is 76.8 Å². The van der Waals surface area contributed by atoms with Gasteiger partial charge >= 0.3 is 0 Å². The number of hydrogen-bond donors (Lipinski definition) is 1. The average molecular weight is 366 g/mol. The fourth-order valence-corrected chi connectivity index (χ4v) is 3.77. The summed E-state index contributed by atoms with van der Waals surface area (Å²) in [6, 6.07) is 17.9. The third-order valence-corrected chi connectivity index (χ3v) is 5.17. The number of ketones is 1. The highest BCUT2D eigenvalue weighted by Gasteiger charge is 2.49. The van der Waals surface area contributed by atoms with Crippen LogP contribution in [0.25, 0.3) is 10.8 Å². The van der Waals surface area contributed by atoms with Crippen LogP contribution in [0.5, 0.6) is 0 Å². The number of carbonyl (C=O) groups excluding carboxylic acids is 2. The normalized spacial score (nSPS) is 19.0. The lowest BCUT2D eigenvalue weighted by Gasteiger charge is -2.21. The van der Waals surface area contributed by atoms with E-state index >= 15 is 0 Å². The average Bonchev–Trinajstić information content (AvgIpc) is 2.82. The molecule has 0 bridgehead atoms. The van der Waals surface area contributed by atoms with E-state index in [2.05, 4.69) is 0 Å². The van der Waals surface area contributed by atoms with Gasteiger partial charge in [0.2, 0.25) is 0 Å². The summed E-state index contributed by atoms with van der Waals surface area (Å²) in [5.74, 6) is -0.817. The Balaban J connectivity index is 1.78. The van der Waals surface area contributed by atoms with Crippen molar-refractivity contribution in [1.29, 1.82) is 0 Å². The molecule has 1 heterocycles. The summed E-state index contributed by atoms with van der Waals surface area (Å²) >= 11 is 6.05. The first-order valence-electron chi connectivity index (χ1n) is 8.23. The number of fused-ring (bicyclic) bond motifs is 2. The lowest BCUT2D eigenvalue weighted by atomic mass is 9.87. The lowest BCUT2D eigenvalue weighted by molar-refractivity contribution is -0.135. The van der Waals surface area contributed by atoms with Crippen LogP contribution in [0, 0.1) is 0 Å². The van der Waals surface area contributed by atoms with E-state index in [-0.39, 0.29) is 12.2 Å². The van der Waals surface area contributed by atoms with Crippen molar-refractivity contribution in [2.24, 2.45) is 0 Å². The van der Waals surface area contributed by atoms with Gasteiger partial charge in [0, 0.05) is 23.2 Å². The minimum absolute atomic E-state index is 0.293. The molecule has 0 saturated carbocycles. The highest BCUT2D eigenvalue weighted by atomic mass is 35.5. The summed E-state index contributed by atoms with van der Waals surface area (Å²) in [5, 5.41) is 13.3. The fourth-order valence-electron chi connectivity index (χ4n) is 3.60. The molecule has 1 N–H and O–H groups in total. The van der Waals surface area contributed by atoms with Crippen LogP contribution in [-0.2, 0) is 10.4 Å². The molecular formula is C21H16ClNO3. The van der Waals surface area contributed by atoms with Gasteiger partial charge < -0.3 is 10.0 Å². The smallest absolute Gasteiger partial charge is 0.263 e. The Morgan fingerprint density at radius 3 is 2.65 bits per heavy atom. The Bertz CT molecular complexity index is 1060. The zero-order valence-corrected chi connectivity index (χ0v) is 14.8. The molecule has 0 unspecified atom stereocenters. The number of Topliss-reactive ketones (excluding diaryl/α,β-unsaturated/α-hetero) is 1. The van der Waals surface area contributed by atoms with Crippen molar-refractivity contribution in [3.63, 3.8) is 0 Å². The maximum Gasteiger partial charge on any atom is 0.263 e. The Morgan fingerprint density at radius 1 is 1.12 bits per heavy atom. The summed E-state index contributed by atoms with van der Waals surface area (Å²) in [6.45, 7) is 0. The Kier molecular flexibility index (Phi) is 3.83. The van der Waals surface area contributed by atoms with Crippen molar-refractivity contribution in [1.82, 2.24) is 0 Å². The molecule has 1 aliphatic heterocycles. The molecule has 0 aliphatic carbocycles. The summed E-state index contributed by atoms with van der Waals surface area (Å²) in [5.41, 5.74) is -0.496. The second-order valence-electron chi connectivity index (χ2n) is 6.51. The number of hydrogen-bond acceptors (Lipinski definition) is 3. The Labute approximate surface area is 155 Å². The number of likely N-dealkylation sites (N-methyl/N-ethyl adjacent to an activating group) is 1. The van der Waals surface area contributed by atoms with E-state index in [0.29, 0.717) is 21.8 Å². The molecule has 0 saturated heterocycles. The lowest BCUT2D eigenvalue weighted by Crippen LogP contribution is -2.40. The minimum atomic E-state index is -1.91. The molecule has 0 spiro atoms. The number of benzene rings is 3. The molecule has 3 aromatic rings. The third kappa shape index (κ3) is 2.42. The van der Waals surface area contributed by atoms with E-state index in [1.54, 1.807) is 37.4 Å². The van der Waals surface area contributed by atoms with Gasteiger partial charge in [-0.2, -0.15) is 0 Å². The molecule has 4 rings (SSSR count). The zero-order valence-electron chi connectivity index (χ0n) is 14.1. The number of anilines is 1. The topological polar surface area (TPSA) is 57.6 Å². The Morgan fingerprint density at radius 2 is 1.85 bits per heavy atom. The molecule has 1 aliphatic rings. The second kappa shape index (κ2) is 5.94. The quantitative estimate of drug-likeness (QED) is 0.715. The predicted molar refractivity (Wildman–Crippen MR) is 102 cm³/mol. The van der Waals surface area contributed by atoms with Gasteiger partial charge in [-0.3, -0.25) is 9.59 Å². The SMILES string of the molecule is CN1C(=O)[C@](O)(CC(=O)c2cccc3ccccc23)c2cc(Cl)ccc21. The summed E-state index contributed by atoms with van der Waals surface area (Å²) < 4.78 is 0. The molecular weight excluding hydrogens is 350 g/mol. The van der Waals surface area contributed by atoms with Gasteiger partial charge in [-0.05, 0) is 29.0 Å². The van der Waals surface area contributed by atoms with Crippen LogP contribution in [0.3, 0.4) is 0 Å². The molecule has 5 heteroatoms. The first kappa shape index (κ1) is 16.8. The predicted octanol–water partition coefficient (Wildman–Crippen LogP) is 3.93. The van der Waals surface area contributed by atoms with Gasteiger partial charge in [0.05, 0.1) is 12.1 Å². The van der Waals surface area contributed by atoms with E-state index in [0.717, 1.165) is 10.8 Å². The summed E-state index contributed by atoms with van der Waals surface area (Å²) in [6.07, 6.45) is -0.336. The molecule has 26 heavy (non-hydrogen) atoms. The minimum Gasteiger partial charge on any atom is -0.375 e. The van der Waals surface area contributed by atoms with Crippen LogP contribution in [0.15, 0.2) is 60.7 Å². The number of amides is 1. The third-order valence-electron chi connectivity index (χ3n) is 4.93. The van der Waals surface area contributed by atoms with Crippen molar-refractivity contribution in [3.8, 4) is 0 Å². The van der Waals surface area contributed by atoms with Crippen LogP contribution in [0.1, 0.15) is 22.3 Å². The molecule has 4 nitrogen and oxygen atoms in total.